The summed E-state index contributed by atoms with van der Waals surface area (Å²) in [6.07, 6.45) is -35.1. The van der Waals surface area contributed by atoms with E-state index in [0.29, 0.717) is 19.4 Å². The van der Waals surface area contributed by atoms with Crippen LogP contribution in [0, 0.1) is 0 Å². The number of nitrogens with two attached hydrogens (primary N) is 1. The average Bonchev–Trinajstić information content (AvgIpc) is 3.29. The van der Waals surface area contributed by atoms with Crippen molar-refractivity contribution in [1.82, 2.24) is 16.0 Å². The second kappa shape index (κ2) is 25.6. The third-order valence-corrected chi connectivity index (χ3v) is 12.4. The van der Waals surface area contributed by atoms with Crippen LogP contribution in [0.3, 0.4) is 0 Å². The Kier molecular flexibility index (Phi) is 21.2. The second-order valence-electron chi connectivity index (χ2n) is 17.7. The Hall–Kier alpha value is -2.92. The summed E-state index contributed by atoms with van der Waals surface area (Å²) in [6.45, 7) is 7.35. The number of amides is 3. The summed E-state index contributed by atoms with van der Waals surface area (Å²) in [6, 6.07) is -4.41. The highest BCUT2D eigenvalue weighted by molar-refractivity contribution is 5.74. The van der Waals surface area contributed by atoms with Gasteiger partial charge in [0.05, 0.1) is 24.9 Å². The molecule has 0 aromatic heterocycles. The molecule has 5 aliphatic heterocycles. The third kappa shape index (κ3) is 13.8. The lowest BCUT2D eigenvalue weighted by Gasteiger charge is -2.52. The number of nitrogens with one attached hydrogen (secondary N) is 3. The van der Waals surface area contributed by atoms with Gasteiger partial charge in [0.25, 0.3) is 6.47 Å². The van der Waals surface area contributed by atoms with Crippen LogP contribution in [0.1, 0.15) is 60.8 Å². The summed E-state index contributed by atoms with van der Waals surface area (Å²) in [5, 5.41) is 106. The first-order valence-electron chi connectivity index (χ1n) is 22.8. The Morgan fingerprint density at radius 2 is 1.03 bits per heavy atom. The predicted octanol–water partition coefficient (Wildman–Crippen LogP) is -7.12. The highest BCUT2D eigenvalue weighted by atomic mass is 16.8. The fraction of sp³-hybridized carbons (Fsp3) is 0.902. The molecule has 5 heterocycles. The Morgan fingerprint density at radius 3 is 1.64 bits per heavy atom. The van der Waals surface area contributed by atoms with Crippen LogP contribution < -0.4 is 21.7 Å². The fourth-order valence-electron chi connectivity index (χ4n) is 8.74. The van der Waals surface area contributed by atoms with Crippen molar-refractivity contribution >= 4 is 24.2 Å². The van der Waals surface area contributed by atoms with E-state index in [1.165, 1.54) is 27.7 Å². The SMILES string of the molecule is CC(=O)NC1[C@H](OC2[C@H](O[C@@H]3C(NC(C)=O)[C@H](O[C@@H]4C(NC(C)=O)[C@H](OCCCCCN)OC(C)[C@@H]4O)OC(C)[C@H]3O[C@@H]3OC(CO)[C@@H](O)[C@H](O)C3O)OC(OC=O)[C@@H](O)[C@@H]2O)OC(C)[C@@H](O)[C@@H]1O. The van der Waals surface area contributed by atoms with Gasteiger partial charge in [-0.3, -0.25) is 19.2 Å². The quantitative estimate of drug-likeness (QED) is 0.0398. The van der Waals surface area contributed by atoms with Crippen molar-refractivity contribution in [1.29, 1.82) is 0 Å². The molecule has 0 spiro atoms. The van der Waals surface area contributed by atoms with Gasteiger partial charge in [-0.05, 0) is 46.6 Å². The van der Waals surface area contributed by atoms with E-state index in [4.69, 9.17) is 57.8 Å². The minimum atomic E-state index is -2.13. The molecule has 5 aliphatic rings. The second-order valence-corrected chi connectivity index (χ2v) is 17.7. The van der Waals surface area contributed by atoms with Gasteiger partial charge >= 0.3 is 0 Å². The van der Waals surface area contributed by atoms with Crippen LogP contribution >= 0.6 is 0 Å². The molecular weight excluding hydrogens is 932 g/mol. The largest absolute Gasteiger partial charge is 0.435 e. The van der Waals surface area contributed by atoms with Crippen LogP contribution in [0.4, 0.5) is 0 Å². The standard InChI is InChI=1S/C41H70N4O24/c1-14-24(51)27(54)21(43-17(4)48)37(62-14)68-35-29(56)31(58)39(60-13-47)69-41(35)67-34-23(45-19(6)50)38(63-16(3)32(34)65-40-30(57)28(55)26(53)20(12-46)64-40)66-33-22(44-18(5)49)36(61-15(2)25(33)52)59-11-9-7-8-10-42/h13-16,20-41,46,51-58H,7-12,42H2,1-6H3,(H,43,48)(H,44,49)(H,45,50)/t14?,15?,16?,20?,21?,22?,23?,24-,25+,26-,27-,28+,29+,30?,31+,32-,33-,34-,35?,36-,37+,38+,39?,40+,41-/m1/s1. The van der Waals surface area contributed by atoms with E-state index < -0.39 is 178 Å². The molecule has 0 aromatic carbocycles. The van der Waals surface area contributed by atoms with Crippen molar-refractivity contribution < 1.29 is 117 Å². The van der Waals surface area contributed by atoms with Gasteiger partial charge in [0.15, 0.2) is 31.5 Å². The van der Waals surface area contributed by atoms with Crippen molar-refractivity contribution in [3.63, 3.8) is 0 Å². The average molecular weight is 1000 g/mol. The molecule has 69 heavy (non-hydrogen) atoms. The van der Waals surface area contributed by atoms with Gasteiger partial charge in [0.1, 0.15) is 97.5 Å². The molecule has 0 aliphatic carbocycles. The summed E-state index contributed by atoms with van der Waals surface area (Å²) in [5.74, 6) is -2.05. The molecule has 25 atom stereocenters. The molecule has 398 valence electrons. The van der Waals surface area contributed by atoms with Gasteiger partial charge in [0, 0.05) is 27.4 Å². The number of hydrogen-bond donors (Lipinski definition) is 13. The number of carbonyl (C=O) groups excluding carboxylic acids is 4. The smallest absolute Gasteiger partial charge is 0.295 e. The zero-order chi connectivity index (χ0) is 51.0. The number of hydrogen-bond acceptors (Lipinski definition) is 25. The number of aliphatic hydroxyl groups is 9. The van der Waals surface area contributed by atoms with E-state index >= 15 is 0 Å². The molecular formula is C41H70N4O24. The van der Waals surface area contributed by atoms with Crippen LogP contribution in [0.15, 0.2) is 0 Å². The molecule has 28 heteroatoms. The zero-order valence-corrected chi connectivity index (χ0v) is 39.0. The Bertz CT molecular complexity index is 1660. The highest BCUT2D eigenvalue weighted by Gasteiger charge is 2.58. The number of ether oxygens (including phenoxy) is 11. The minimum Gasteiger partial charge on any atom is -0.435 e. The van der Waals surface area contributed by atoms with Crippen molar-refractivity contribution in [2.45, 2.75) is 214 Å². The van der Waals surface area contributed by atoms with Gasteiger partial charge in [0.2, 0.25) is 24.0 Å². The maximum absolute atomic E-state index is 13.2. The number of rotatable bonds is 20. The van der Waals surface area contributed by atoms with Crippen LogP contribution in [0.2, 0.25) is 0 Å². The van der Waals surface area contributed by atoms with Crippen molar-refractivity contribution in [2.24, 2.45) is 5.73 Å². The lowest BCUT2D eigenvalue weighted by atomic mass is 9.93. The van der Waals surface area contributed by atoms with E-state index in [0.717, 1.165) is 20.3 Å². The van der Waals surface area contributed by atoms with E-state index in [1.807, 2.05) is 0 Å². The third-order valence-electron chi connectivity index (χ3n) is 12.4. The molecule has 0 saturated carbocycles. The van der Waals surface area contributed by atoms with Gasteiger partial charge in [-0.2, -0.15) is 0 Å². The molecule has 5 saturated heterocycles. The molecule has 3 amide bonds. The molecule has 5 fully saturated rings. The summed E-state index contributed by atoms with van der Waals surface area (Å²) in [4.78, 5) is 49.8. The van der Waals surface area contributed by atoms with Crippen LogP contribution in [0.5, 0.6) is 0 Å². The number of aliphatic hydroxyl groups excluding tert-OH is 9. The normalized spacial score (nSPS) is 45.0. The first kappa shape index (κ1) is 57.0. The van der Waals surface area contributed by atoms with Gasteiger partial charge in [-0.25, -0.2) is 0 Å². The van der Waals surface area contributed by atoms with Crippen molar-refractivity contribution in [3.05, 3.63) is 0 Å². The monoisotopic (exact) mass is 1000 g/mol. The molecule has 14 N–H and O–H groups in total. The zero-order valence-electron chi connectivity index (χ0n) is 39.0. The molecule has 0 bridgehead atoms. The van der Waals surface area contributed by atoms with Gasteiger partial charge < -0.3 is 120 Å². The summed E-state index contributed by atoms with van der Waals surface area (Å²) in [5.41, 5.74) is 5.63. The van der Waals surface area contributed by atoms with E-state index in [1.54, 1.807) is 0 Å². The highest BCUT2D eigenvalue weighted by Crippen LogP contribution is 2.37. The van der Waals surface area contributed by atoms with Crippen molar-refractivity contribution in [3.8, 4) is 0 Å². The maximum Gasteiger partial charge on any atom is 0.295 e. The van der Waals surface area contributed by atoms with Crippen LogP contribution in [-0.4, -0.2) is 243 Å². The van der Waals surface area contributed by atoms with Crippen LogP contribution in [-0.2, 0) is 71.3 Å². The Labute approximate surface area is 396 Å². The summed E-state index contributed by atoms with van der Waals surface area (Å²) < 4.78 is 66.1. The minimum absolute atomic E-state index is 0.107. The predicted molar refractivity (Wildman–Crippen MR) is 224 cm³/mol. The first-order chi connectivity index (χ1) is 32.6. The number of carbonyl (C=O) groups is 4. The first-order valence-corrected chi connectivity index (χ1v) is 22.8. The fourth-order valence-corrected chi connectivity index (χ4v) is 8.74. The van der Waals surface area contributed by atoms with Crippen molar-refractivity contribution in [2.75, 3.05) is 19.8 Å². The molecule has 28 nitrogen and oxygen atoms in total. The topological polar surface area (TPSA) is 414 Å². The van der Waals surface area contributed by atoms with Gasteiger partial charge in [-0.15, -0.1) is 0 Å². The molecule has 10 unspecified atom stereocenters. The van der Waals surface area contributed by atoms with Crippen LogP contribution in [0.25, 0.3) is 0 Å². The summed E-state index contributed by atoms with van der Waals surface area (Å²) >= 11 is 0. The van der Waals surface area contributed by atoms with Gasteiger partial charge in [-0.1, -0.05) is 0 Å². The molecule has 0 radical (unpaired) electrons. The van der Waals surface area contributed by atoms with E-state index in [-0.39, 0.29) is 13.1 Å². The Morgan fingerprint density at radius 1 is 0.507 bits per heavy atom. The lowest BCUT2D eigenvalue weighted by molar-refractivity contribution is -0.402. The maximum atomic E-state index is 13.2. The van der Waals surface area contributed by atoms with E-state index in [2.05, 4.69) is 16.0 Å². The Balaban J connectivity index is 1.59. The number of unbranched alkanes of at least 4 members (excludes halogenated alkanes) is 2. The molecule has 0 aromatic rings. The lowest BCUT2D eigenvalue weighted by Crippen LogP contribution is -2.71. The summed E-state index contributed by atoms with van der Waals surface area (Å²) in [7, 11) is 0. The van der Waals surface area contributed by atoms with E-state index in [9.17, 15) is 65.1 Å². The molecule has 5 rings (SSSR count).